The van der Waals surface area contributed by atoms with Crippen molar-refractivity contribution in [3.8, 4) is 5.75 Å². The number of hydrogen-bond acceptors (Lipinski definition) is 5. The van der Waals surface area contributed by atoms with Crippen molar-refractivity contribution in [2.75, 3.05) is 17.7 Å². The Morgan fingerprint density at radius 1 is 1.24 bits per heavy atom. The highest BCUT2D eigenvalue weighted by molar-refractivity contribution is 5.59. The normalized spacial score (nSPS) is 11.8. The molecule has 0 amide bonds. The van der Waals surface area contributed by atoms with Crippen LogP contribution in [0.15, 0.2) is 30.3 Å². The summed E-state index contributed by atoms with van der Waals surface area (Å²) in [5.41, 5.74) is 1.85. The van der Waals surface area contributed by atoms with Crippen LogP contribution in [0, 0.1) is 6.92 Å². The summed E-state index contributed by atoms with van der Waals surface area (Å²) in [5, 5.41) is 6.23. The molecule has 0 saturated carbocycles. The van der Waals surface area contributed by atoms with Crippen LogP contribution in [0.4, 0.5) is 17.5 Å². The van der Waals surface area contributed by atoms with Gasteiger partial charge in [0.05, 0.1) is 6.10 Å². The molecule has 5 heteroatoms. The minimum absolute atomic E-state index is 0.206. The Kier molecular flexibility index (Phi) is 4.98. The average molecular weight is 286 g/mol. The molecule has 0 bridgehead atoms. The molecule has 1 aromatic heterocycles. The number of anilines is 3. The van der Waals surface area contributed by atoms with Gasteiger partial charge < -0.3 is 15.4 Å². The third-order valence-electron chi connectivity index (χ3n) is 3.10. The number of nitrogens with zero attached hydrogens (tertiary/aromatic N) is 2. The number of hydrogen-bond donors (Lipinski definition) is 2. The van der Waals surface area contributed by atoms with Crippen molar-refractivity contribution in [1.82, 2.24) is 9.97 Å². The average Bonchev–Trinajstić information content (AvgIpc) is 2.46. The Morgan fingerprint density at radius 3 is 2.76 bits per heavy atom. The van der Waals surface area contributed by atoms with Gasteiger partial charge in [-0.25, -0.2) is 4.98 Å². The van der Waals surface area contributed by atoms with E-state index in [0.717, 1.165) is 29.4 Å². The molecule has 1 unspecified atom stereocenters. The maximum atomic E-state index is 5.83. The number of ether oxygens (including phenoxy) is 1. The molecular formula is C16H22N4O. The maximum Gasteiger partial charge on any atom is 0.224 e. The molecule has 0 aliphatic carbocycles. The highest BCUT2D eigenvalue weighted by atomic mass is 16.5. The van der Waals surface area contributed by atoms with E-state index in [4.69, 9.17) is 4.74 Å². The van der Waals surface area contributed by atoms with Crippen LogP contribution in [0.1, 0.15) is 26.0 Å². The van der Waals surface area contributed by atoms with Crippen LogP contribution in [-0.4, -0.2) is 23.1 Å². The fourth-order valence-electron chi connectivity index (χ4n) is 1.86. The lowest BCUT2D eigenvalue weighted by molar-refractivity contribution is 0.217. The van der Waals surface area contributed by atoms with Crippen LogP contribution in [0.2, 0.25) is 0 Å². The smallest absolute Gasteiger partial charge is 0.224 e. The van der Waals surface area contributed by atoms with Gasteiger partial charge in [-0.2, -0.15) is 4.98 Å². The monoisotopic (exact) mass is 286 g/mol. The van der Waals surface area contributed by atoms with E-state index in [1.165, 1.54) is 0 Å². The number of aryl methyl sites for hydroxylation is 1. The van der Waals surface area contributed by atoms with Crippen molar-refractivity contribution in [2.45, 2.75) is 33.3 Å². The molecule has 2 N–H and O–H groups in total. The van der Waals surface area contributed by atoms with Crippen molar-refractivity contribution >= 4 is 17.5 Å². The molecule has 0 fully saturated rings. The number of benzene rings is 1. The second kappa shape index (κ2) is 6.92. The maximum absolute atomic E-state index is 5.83. The van der Waals surface area contributed by atoms with E-state index in [0.29, 0.717) is 5.95 Å². The molecule has 2 rings (SSSR count). The minimum atomic E-state index is 0.206. The lowest BCUT2D eigenvalue weighted by atomic mass is 10.2. The molecule has 5 nitrogen and oxygen atoms in total. The Hall–Kier alpha value is -2.30. The number of aromatic nitrogens is 2. The summed E-state index contributed by atoms with van der Waals surface area (Å²) in [4.78, 5) is 8.66. The van der Waals surface area contributed by atoms with Gasteiger partial charge >= 0.3 is 0 Å². The van der Waals surface area contributed by atoms with Gasteiger partial charge in [0.25, 0.3) is 0 Å². The topological polar surface area (TPSA) is 59.1 Å². The molecule has 1 heterocycles. The van der Waals surface area contributed by atoms with E-state index < -0.39 is 0 Å². The highest BCUT2D eigenvalue weighted by Crippen LogP contribution is 2.22. The van der Waals surface area contributed by atoms with Gasteiger partial charge in [0.15, 0.2) is 0 Å². The van der Waals surface area contributed by atoms with Crippen LogP contribution < -0.4 is 15.4 Å². The lowest BCUT2D eigenvalue weighted by Crippen LogP contribution is -2.09. The van der Waals surface area contributed by atoms with E-state index >= 15 is 0 Å². The van der Waals surface area contributed by atoms with Crippen LogP contribution in [-0.2, 0) is 0 Å². The number of nitrogens with one attached hydrogen (secondary N) is 2. The van der Waals surface area contributed by atoms with E-state index in [1.54, 1.807) is 7.05 Å². The van der Waals surface area contributed by atoms with Gasteiger partial charge in [-0.05, 0) is 32.4 Å². The first-order chi connectivity index (χ1) is 10.1. The van der Waals surface area contributed by atoms with Crippen molar-refractivity contribution in [2.24, 2.45) is 0 Å². The molecule has 0 spiro atoms. The second-order valence-corrected chi connectivity index (χ2v) is 4.96. The van der Waals surface area contributed by atoms with E-state index in [2.05, 4.69) is 34.4 Å². The Bertz CT molecular complexity index is 601. The van der Waals surface area contributed by atoms with Crippen molar-refractivity contribution in [1.29, 1.82) is 0 Å². The summed E-state index contributed by atoms with van der Waals surface area (Å²) < 4.78 is 5.83. The van der Waals surface area contributed by atoms with Gasteiger partial charge in [-0.1, -0.05) is 13.0 Å². The SMILES string of the molecule is CCC(C)Oc1cccc(Nc2cc(C)nc(NC)n2)c1. The van der Waals surface area contributed by atoms with Gasteiger partial charge in [0, 0.05) is 30.6 Å². The molecule has 1 aromatic carbocycles. The van der Waals surface area contributed by atoms with Gasteiger partial charge in [-0.15, -0.1) is 0 Å². The summed E-state index contributed by atoms with van der Waals surface area (Å²) in [6.45, 7) is 6.11. The summed E-state index contributed by atoms with van der Waals surface area (Å²) in [6.07, 6.45) is 1.19. The fraction of sp³-hybridized carbons (Fsp3) is 0.375. The van der Waals surface area contributed by atoms with Crippen molar-refractivity contribution < 1.29 is 4.74 Å². The molecule has 0 aliphatic rings. The van der Waals surface area contributed by atoms with Crippen LogP contribution in [0.25, 0.3) is 0 Å². The molecule has 1 atom stereocenters. The highest BCUT2D eigenvalue weighted by Gasteiger charge is 2.04. The Morgan fingerprint density at radius 2 is 2.05 bits per heavy atom. The summed E-state index contributed by atoms with van der Waals surface area (Å²) in [6, 6.07) is 9.79. The molecule has 112 valence electrons. The Labute approximate surface area is 125 Å². The lowest BCUT2D eigenvalue weighted by Gasteiger charge is -2.14. The minimum Gasteiger partial charge on any atom is -0.491 e. The van der Waals surface area contributed by atoms with E-state index in [-0.39, 0.29) is 6.10 Å². The van der Waals surface area contributed by atoms with Crippen molar-refractivity contribution in [3.63, 3.8) is 0 Å². The van der Waals surface area contributed by atoms with Crippen LogP contribution >= 0.6 is 0 Å². The zero-order valence-corrected chi connectivity index (χ0v) is 13.0. The van der Waals surface area contributed by atoms with E-state index in [1.807, 2.05) is 37.3 Å². The zero-order chi connectivity index (χ0) is 15.2. The second-order valence-electron chi connectivity index (χ2n) is 4.96. The predicted molar refractivity (Wildman–Crippen MR) is 86.4 cm³/mol. The largest absolute Gasteiger partial charge is 0.491 e. The molecule has 21 heavy (non-hydrogen) atoms. The first-order valence-corrected chi connectivity index (χ1v) is 7.18. The Balaban J connectivity index is 2.16. The third-order valence-corrected chi connectivity index (χ3v) is 3.10. The summed E-state index contributed by atoms with van der Waals surface area (Å²) in [5.74, 6) is 2.21. The predicted octanol–water partition coefficient (Wildman–Crippen LogP) is 3.75. The third kappa shape index (κ3) is 4.34. The number of rotatable bonds is 6. The summed E-state index contributed by atoms with van der Waals surface area (Å²) >= 11 is 0. The van der Waals surface area contributed by atoms with Gasteiger partial charge in [0.2, 0.25) is 5.95 Å². The zero-order valence-electron chi connectivity index (χ0n) is 13.0. The van der Waals surface area contributed by atoms with Gasteiger partial charge in [0.1, 0.15) is 11.6 Å². The quantitative estimate of drug-likeness (QED) is 0.847. The standard InChI is InChI=1S/C16H22N4O/c1-5-12(3)21-14-8-6-7-13(10-14)19-15-9-11(2)18-16(17-4)20-15/h6-10,12H,5H2,1-4H3,(H2,17,18,19,20). The first kappa shape index (κ1) is 15.1. The first-order valence-electron chi connectivity index (χ1n) is 7.18. The van der Waals surface area contributed by atoms with Crippen LogP contribution in [0.5, 0.6) is 5.75 Å². The van der Waals surface area contributed by atoms with Crippen molar-refractivity contribution in [3.05, 3.63) is 36.0 Å². The summed E-state index contributed by atoms with van der Waals surface area (Å²) in [7, 11) is 1.80. The molecule has 0 saturated heterocycles. The molecular weight excluding hydrogens is 264 g/mol. The van der Waals surface area contributed by atoms with Gasteiger partial charge in [-0.3, -0.25) is 0 Å². The molecule has 0 radical (unpaired) electrons. The van der Waals surface area contributed by atoms with Crippen LogP contribution in [0.3, 0.4) is 0 Å². The fourth-order valence-corrected chi connectivity index (χ4v) is 1.86. The molecule has 0 aliphatic heterocycles. The van der Waals surface area contributed by atoms with E-state index in [9.17, 15) is 0 Å². The molecule has 2 aromatic rings.